The minimum absolute atomic E-state index is 0.118. The minimum Gasteiger partial charge on any atom is -0.346 e. The van der Waals surface area contributed by atoms with Gasteiger partial charge in [-0.05, 0) is 36.8 Å². The van der Waals surface area contributed by atoms with Crippen molar-refractivity contribution in [3.05, 3.63) is 71.8 Å². The molecule has 0 aliphatic carbocycles. The van der Waals surface area contributed by atoms with Crippen LogP contribution in [0.15, 0.2) is 59.8 Å². The van der Waals surface area contributed by atoms with E-state index in [1.165, 1.54) is 36.0 Å². The number of nitrogens with zero attached hydrogens (tertiary/aromatic N) is 3. The van der Waals surface area contributed by atoms with Crippen LogP contribution in [0.25, 0.3) is 0 Å². The molecule has 3 rings (SSSR count). The Morgan fingerprint density at radius 2 is 1.77 bits per heavy atom. The molecule has 0 saturated heterocycles. The van der Waals surface area contributed by atoms with E-state index in [1.54, 1.807) is 0 Å². The number of thioether (sulfide) groups is 1. The van der Waals surface area contributed by atoms with E-state index in [4.69, 9.17) is 0 Å². The monoisotopic (exact) mass is 427 g/mol. The molecule has 0 aliphatic rings. The second-order valence-electron chi connectivity index (χ2n) is 6.43. The molecule has 0 bridgehead atoms. The van der Waals surface area contributed by atoms with Crippen LogP contribution >= 0.6 is 11.8 Å². The number of hydrogen-bond donors (Lipinski definition) is 2. The first kappa shape index (κ1) is 21.5. The fraction of sp³-hybridized carbons (Fsp3) is 0.238. The van der Waals surface area contributed by atoms with Crippen LogP contribution in [0.3, 0.4) is 0 Å². The molecule has 1 heterocycles. The second kappa shape index (κ2) is 10.5. The average Bonchev–Trinajstić information content (AvgIpc) is 3.14. The first-order valence-electron chi connectivity index (χ1n) is 9.46. The van der Waals surface area contributed by atoms with Crippen molar-refractivity contribution in [1.82, 2.24) is 20.1 Å². The van der Waals surface area contributed by atoms with Gasteiger partial charge in [0.25, 0.3) is 0 Å². The summed E-state index contributed by atoms with van der Waals surface area (Å²) >= 11 is 1.27. The third-order valence-corrected chi connectivity index (χ3v) is 5.19. The predicted octanol–water partition coefficient (Wildman–Crippen LogP) is 2.87. The van der Waals surface area contributed by atoms with Gasteiger partial charge in [-0.1, -0.05) is 42.1 Å². The highest BCUT2D eigenvalue weighted by atomic mass is 32.2. The standard InChI is InChI=1S/C21H22FN5O2S/c1-2-27-18(12-15-6-4-3-5-7-15)25-26-21(27)30-14-20(29)23-13-19(28)24-17-10-8-16(22)9-11-17/h3-11H,2,12-14H2,1H3,(H,23,29)(H,24,28). The fourth-order valence-corrected chi connectivity index (χ4v) is 3.60. The molecular formula is C21H22FN5O2S. The number of aromatic nitrogens is 3. The molecule has 0 aliphatic heterocycles. The van der Waals surface area contributed by atoms with Crippen molar-refractivity contribution in [3.8, 4) is 0 Å². The molecule has 9 heteroatoms. The molecule has 0 radical (unpaired) electrons. The van der Waals surface area contributed by atoms with Crippen molar-refractivity contribution >= 4 is 29.3 Å². The van der Waals surface area contributed by atoms with Gasteiger partial charge in [-0.25, -0.2) is 4.39 Å². The zero-order chi connectivity index (χ0) is 21.3. The quantitative estimate of drug-likeness (QED) is 0.513. The SMILES string of the molecule is CCn1c(Cc2ccccc2)nnc1SCC(=O)NCC(=O)Nc1ccc(F)cc1. The van der Waals surface area contributed by atoms with E-state index in [9.17, 15) is 14.0 Å². The Morgan fingerprint density at radius 3 is 2.47 bits per heavy atom. The smallest absolute Gasteiger partial charge is 0.243 e. The van der Waals surface area contributed by atoms with Crippen LogP contribution in [-0.4, -0.2) is 38.9 Å². The third kappa shape index (κ3) is 6.15. The molecule has 1 aromatic heterocycles. The number of amides is 2. The Kier molecular flexibility index (Phi) is 7.56. The van der Waals surface area contributed by atoms with Gasteiger partial charge in [0.05, 0.1) is 12.3 Å². The van der Waals surface area contributed by atoms with Gasteiger partial charge in [-0.15, -0.1) is 10.2 Å². The highest BCUT2D eigenvalue weighted by Crippen LogP contribution is 2.18. The van der Waals surface area contributed by atoms with Gasteiger partial charge in [0.15, 0.2) is 5.16 Å². The average molecular weight is 428 g/mol. The fourth-order valence-electron chi connectivity index (χ4n) is 2.75. The zero-order valence-corrected chi connectivity index (χ0v) is 17.3. The summed E-state index contributed by atoms with van der Waals surface area (Å²) in [7, 11) is 0. The Bertz CT molecular complexity index is 992. The zero-order valence-electron chi connectivity index (χ0n) is 16.5. The van der Waals surface area contributed by atoms with Gasteiger partial charge in [0, 0.05) is 18.7 Å². The molecule has 0 atom stereocenters. The third-order valence-electron chi connectivity index (χ3n) is 4.22. The summed E-state index contributed by atoms with van der Waals surface area (Å²) in [6, 6.07) is 15.4. The molecule has 0 spiro atoms. The number of anilines is 1. The van der Waals surface area contributed by atoms with Gasteiger partial charge in [0.1, 0.15) is 11.6 Å². The molecule has 3 aromatic rings. The number of carbonyl (C=O) groups excluding carboxylic acids is 2. The van der Waals surface area contributed by atoms with Gasteiger partial charge >= 0.3 is 0 Å². The maximum atomic E-state index is 12.9. The van der Waals surface area contributed by atoms with Gasteiger partial charge in [-0.3, -0.25) is 9.59 Å². The summed E-state index contributed by atoms with van der Waals surface area (Å²) < 4.78 is 14.9. The highest BCUT2D eigenvalue weighted by Gasteiger charge is 2.14. The summed E-state index contributed by atoms with van der Waals surface area (Å²) in [4.78, 5) is 24.0. The topological polar surface area (TPSA) is 88.9 Å². The minimum atomic E-state index is -0.387. The summed E-state index contributed by atoms with van der Waals surface area (Å²) in [6.45, 7) is 2.53. The largest absolute Gasteiger partial charge is 0.346 e. The Labute approximate surface area is 178 Å². The molecule has 7 nitrogen and oxygen atoms in total. The van der Waals surface area contributed by atoms with Crippen LogP contribution in [-0.2, 0) is 22.6 Å². The maximum absolute atomic E-state index is 12.9. The lowest BCUT2D eigenvalue weighted by Crippen LogP contribution is -2.33. The molecule has 30 heavy (non-hydrogen) atoms. The highest BCUT2D eigenvalue weighted by molar-refractivity contribution is 7.99. The van der Waals surface area contributed by atoms with E-state index < -0.39 is 0 Å². The Hall–Kier alpha value is -3.20. The molecule has 156 valence electrons. The van der Waals surface area contributed by atoms with Gasteiger partial charge < -0.3 is 15.2 Å². The number of carbonyl (C=O) groups is 2. The van der Waals surface area contributed by atoms with E-state index >= 15 is 0 Å². The molecular weight excluding hydrogens is 405 g/mol. The maximum Gasteiger partial charge on any atom is 0.243 e. The Morgan fingerprint density at radius 1 is 1.03 bits per heavy atom. The van der Waals surface area contributed by atoms with Crippen molar-refractivity contribution in [3.63, 3.8) is 0 Å². The van der Waals surface area contributed by atoms with Crippen LogP contribution in [0.2, 0.25) is 0 Å². The van der Waals surface area contributed by atoms with E-state index in [0.29, 0.717) is 23.8 Å². The first-order chi connectivity index (χ1) is 14.5. The lowest BCUT2D eigenvalue weighted by Gasteiger charge is -2.08. The van der Waals surface area contributed by atoms with Crippen LogP contribution in [0.5, 0.6) is 0 Å². The number of benzene rings is 2. The molecule has 0 fully saturated rings. The summed E-state index contributed by atoms with van der Waals surface area (Å²) in [6.07, 6.45) is 0.665. The first-order valence-corrected chi connectivity index (χ1v) is 10.4. The molecule has 2 aromatic carbocycles. The number of halogens is 1. The van der Waals surface area contributed by atoms with Crippen molar-refractivity contribution in [1.29, 1.82) is 0 Å². The number of hydrogen-bond acceptors (Lipinski definition) is 5. The summed E-state index contributed by atoms with van der Waals surface area (Å²) in [5, 5.41) is 14.3. The normalized spacial score (nSPS) is 10.6. The Balaban J connectivity index is 1.47. The molecule has 2 amide bonds. The van der Waals surface area contributed by atoms with Crippen molar-refractivity contribution in [2.24, 2.45) is 0 Å². The van der Waals surface area contributed by atoms with E-state index in [-0.39, 0.29) is 29.9 Å². The van der Waals surface area contributed by atoms with Crippen LogP contribution in [0.4, 0.5) is 10.1 Å². The lowest BCUT2D eigenvalue weighted by molar-refractivity contribution is -0.122. The predicted molar refractivity (Wildman–Crippen MR) is 114 cm³/mol. The van der Waals surface area contributed by atoms with E-state index in [0.717, 1.165) is 11.4 Å². The van der Waals surface area contributed by atoms with Crippen LogP contribution in [0, 0.1) is 5.82 Å². The molecule has 0 unspecified atom stereocenters. The summed E-state index contributed by atoms with van der Waals surface area (Å²) in [5.74, 6) is -0.102. The lowest BCUT2D eigenvalue weighted by atomic mass is 10.1. The van der Waals surface area contributed by atoms with E-state index in [1.807, 2.05) is 41.8 Å². The van der Waals surface area contributed by atoms with Crippen molar-refractivity contribution < 1.29 is 14.0 Å². The molecule has 0 saturated carbocycles. The van der Waals surface area contributed by atoms with Crippen molar-refractivity contribution in [2.45, 2.75) is 25.0 Å². The van der Waals surface area contributed by atoms with Crippen LogP contribution < -0.4 is 10.6 Å². The molecule has 2 N–H and O–H groups in total. The van der Waals surface area contributed by atoms with Crippen LogP contribution in [0.1, 0.15) is 18.3 Å². The number of rotatable bonds is 9. The van der Waals surface area contributed by atoms with Gasteiger partial charge in [-0.2, -0.15) is 0 Å². The van der Waals surface area contributed by atoms with E-state index in [2.05, 4.69) is 20.8 Å². The van der Waals surface area contributed by atoms with Gasteiger partial charge in [0.2, 0.25) is 11.8 Å². The van der Waals surface area contributed by atoms with Crippen molar-refractivity contribution in [2.75, 3.05) is 17.6 Å². The number of nitrogens with one attached hydrogen (secondary N) is 2. The second-order valence-corrected chi connectivity index (χ2v) is 7.37. The summed E-state index contributed by atoms with van der Waals surface area (Å²) in [5.41, 5.74) is 1.60.